The number of methoxy groups -OCH3 is 1. The molecule has 1 amide bonds. The SMILES string of the molecule is CCCCCc1c(Oc2cc(OC)cc(C(=O)CCCC)c2C(=O)N(C)C)c(O)cc(O)c1C(=O)O. The molecule has 0 heterocycles. The van der Waals surface area contributed by atoms with Gasteiger partial charge in [-0.1, -0.05) is 33.1 Å². The fourth-order valence-electron chi connectivity index (χ4n) is 3.87. The second kappa shape index (κ2) is 12.8. The van der Waals surface area contributed by atoms with E-state index < -0.39 is 23.4 Å². The summed E-state index contributed by atoms with van der Waals surface area (Å²) in [5, 5.41) is 30.7. The van der Waals surface area contributed by atoms with Gasteiger partial charge >= 0.3 is 5.97 Å². The molecule has 0 unspecified atom stereocenters. The predicted molar refractivity (Wildman–Crippen MR) is 135 cm³/mol. The standard InChI is InChI=1S/C27H35NO8/c1-6-8-10-11-17-23(27(33)34)20(30)15-21(31)25(17)36-22-14-16(35-5)13-18(19(29)12-9-7-2)24(22)26(32)28(3)4/h13-15,30-31H,6-12H2,1-5H3,(H,33,34). The number of Topliss-reactive ketones (excluding diaryl/α,β-unsaturated/α-hetero) is 1. The fourth-order valence-corrected chi connectivity index (χ4v) is 3.87. The van der Waals surface area contributed by atoms with Crippen molar-refractivity contribution in [1.29, 1.82) is 0 Å². The number of carbonyl (C=O) groups is 3. The third kappa shape index (κ3) is 6.47. The summed E-state index contributed by atoms with van der Waals surface area (Å²) >= 11 is 0. The number of unbranched alkanes of at least 4 members (excludes halogenated alkanes) is 3. The predicted octanol–water partition coefficient (Wildman–Crippen LogP) is 5.40. The van der Waals surface area contributed by atoms with Gasteiger partial charge in [-0.2, -0.15) is 0 Å². The molecule has 0 saturated heterocycles. The number of ether oxygens (including phenoxy) is 2. The number of hydrogen-bond acceptors (Lipinski definition) is 7. The number of phenols is 2. The number of benzene rings is 2. The van der Waals surface area contributed by atoms with E-state index in [1.807, 2.05) is 13.8 Å². The number of hydrogen-bond donors (Lipinski definition) is 3. The molecule has 0 radical (unpaired) electrons. The second-order valence-electron chi connectivity index (χ2n) is 8.74. The van der Waals surface area contributed by atoms with Gasteiger partial charge in [-0.05, 0) is 25.3 Å². The van der Waals surface area contributed by atoms with Gasteiger partial charge < -0.3 is 29.7 Å². The van der Waals surface area contributed by atoms with Gasteiger partial charge in [0.1, 0.15) is 22.8 Å². The molecular weight excluding hydrogens is 466 g/mol. The van der Waals surface area contributed by atoms with Gasteiger partial charge in [-0.3, -0.25) is 9.59 Å². The van der Waals surface area contributed by atoms with Crippen LogP contribution in [0.1, 0.15) is 89.0 Å². The molecule has 9 heteroatoms. The van der Waals surface area contributed by atoms with Crippen LogP contribution in [0.5, 0.6) is 28.7 Å². The number of aromatic hydroxyl groups is 2. The summed E-state index contributed by atoms with van der Waals surface area (Å²) in [6.45, 7) is 3.94. The van der Waals surface area contributed by atoms with E-state index in [2.05, 4.69) is 0 Å². The van der Waals surface area contributed by atoms with Crippen molar-refractivity contribution in [2.24, 2.45) is 0 Å². The van der Waals surface area contributed by atoms with E-state index in [1.165, 1.54) is 38.2 Å². The minimum atomic E-state index is -1.38. The number of ketones is 1. The van der Waals surface area contributed by atoms with Crippen LogP contribution in [0, 0.1) is 0 Å². The molecule has 0 aliphatic heterocycles. The van der Waals surface area contributed by atoms with Crippen LogP contribution in [0.4, 0.5) is 0 Å². The molecule has 196 valence electrons. The first-order valence-corrected chi connectivity index (χ1v) is 12.0. The van der Waals surface area contributed by atoms with Crippen molar-refractivity contribution in [3.05, 3.63) is 40.5 Å². The molecule has 0 aliphatic rings. The Bertz CT molecular complexity index is 1120. The Balaban J connectivity index is 2.81. The summed E-state index contributed by atoms with van der Waals surface area (Å²) in [5.74, 6) is -3.25. The zero-order valence-electron chi connectivity index (χ0n) is 21.5. The van der Waals surface area contributed by atoms with Gasteiger partial charge in [0.25, 0.3) is 5.91 Å². The Labute approximate surface area is 211 Å². The number of phenolic OH excluding ortho intramolecular Hbond substituents is 1. The topological polar surface area (TPSA) is 134 Å². The van der Waals surface area contributed by atoms with Gasteiger partial charge in [0.05, 0.1) is 12.7 Å². The lowest BCUT2D eigenvalue weighted by atomic mass is 9.96. The molecule has 0 aliphatic carbocycles. The van der Waals surface area contributed by atoms with E-state index in [-0.39, 0.29) is 58.1 Å². The average molecular weight is 502 g/mol. The first kappa shape index (κ1) is 28.5. The van der Waals surface area contributed by atoms with Crippen LogP contribution in [-0.2, 0) is 6.42 Å². The summed E-state index contributed by atoms with van der Waals surface area (Å²) in [6, 6.07) is 3.78. The van der Waals surface area contributed by atoms with Crippen LogP contribution in [0.2, 0.25) is 0 Å². The highest BCUT2D eigenvalue weighted by Crippen LogP contribution is 2.44. The van der Waals surface area contributed by atoms with E-state index in [1.54, 1.807) is 0 Å². The zero-order chi connectivity index (χ0) is 27.0. The van der Waals surface area contributed by atoms with Gasteiger partial charge in [0, 0.05) is 43.8 Å². The molecule has 2 aromatic rings. The molecule has 2 aromatic carbocycles. The van der Waals surface area contributed by atoms with Crippen LogP contribution in [0.25, 0.3) is 0 Å². The minimum Gasteiger partial charge on any atom is -0.507 e. The molecule has 3 N–H and O–H groups in total. The second-order valence-corrected chi connectivity index (χ2v) is 8.74. The molecule has 36 heavy (non-hydrogen) atoms. The summed E-state index contributed by atoms with van der Waals surface area (Å²) in [4.78, 5) is 39.6. The minimum absolute atomic E-state index is 0.0224. The lowest BCUT2D eigenvalue weighted by molar-refractivity contribution is 0.0691. The maximum Gasteiger partial charge on any atom is 0.339 e. The van der Waals surface area contributed by atoms with Crippen molar-refractivity contribution >= 4 is 17.7 Å². The average Bonchev–Trinajstić information content (AvgIpc) is 2.83. The van der Waals surface area contributed by atoms with E-state index >= 15 is 0 Å². The van der Waals surface area contributed by atoms with Gasteiger partial charge in [0.15, 0.2) is 17.3 Å². The molecule has 0 atom stereocenters. The highest BCUT2D eigenvalue weighted by Gasteiger charge is 2.29. The summed E-state index contributed by atoms with van der Waals surface area (Å²) < 4.78 is 11.4. The molecule has 0 spiro atoms. The van der Waals surface area contributed by atoms with E-state index in [0.717, 1.165) is 25.3 Å². The molecule has 2 rings (SSSR count). The quantitative estimate of drug-likeness (QED) is 0.245. The van der Waals surface area contributed by atoms with Crippen LogP contribution in [-0.4, -0.2) is 59.1 Å². The Morgan fingerprint density at radius 3 is 2.14 bits per heavy atom. The Hall–Kier alpha value is -3.75. The monoisotopic (exact) mass is 501 g/mol. The van der Waals surface area contributed by atoms with E-state index in [9.17, 15) is 29.7 Å². The van der Waals surface area contributed by atoms with E-state index in [4.69, 9.17) is 9.47 Å². The van der Waals surface area contributed by atoms with Crippen LogP contribution >= 0.6 is 0 Å². The highest BCUT2D eigenvalue weighted by atomic mass is 16.5. The van der Waals surface area contributed by atoms with Gasteiger partial charge in [0.2, 0.25) is 0 Å². The molecule has 0 bridgehead atoms. The molecule has 9 nitrogen and oxygen atoms in total. The number of carboxylic acids is 1. The fraction of sp³-hybridized carbons (Fsp3) is 0.444. The van der Waals surface area contributed by atoms with Gasteiger partial charge in [-0.25, -0.2) is 4.79 Å². The van der Waals surface area contributed by atoms with Crippen LogP contribution < -0.4 is 9.47 Å². The first-order chi connectivity index (χ1) is 17.1. The van der Waals surface area contributed by atoms with Crippen molar-refractivity contribution in [1.82, 2.24) is 4.90 Å². The Morgan fingerprint density at radius 2 is 1.58 bits per heavy atom. The van der Waals surface area contributed by atoms with Gasteiger partial charge in [-0.15, -0.1) is 0 Å². The number of amides is 1. The zero-order valence-corrected chi connectivity index (χ0v) is 21.5. The van der Waals surface area contributed by atoms with Crippen molar-refractivity contribution < 1.29 is 39.2 Å². The van der Waals surface area contributed by atoms with Crippen LogP contribution in [0.15, 0.2) is 18.2 Å². The first-order valence-electron chi connectivity index (χ1n) is 12.0. The number of aromatic carboxylic acids is 1. The lowest BCUT2D eigenvalue weighted by Gasteiger charge is -2.21. The largest absolute Gasteiger partial charge is 0.507 e. The van der Waals surface area contributed by atoms with Crippen molar-refractivity contribution in [3.8, 4) is 28.7 Å². The number of rotatable bonds is 13. The maximum atomic E-state index is 13.2. The molecular formula is C27H35NO8. The Morgan fingerprint density at radius 1 is 0.917 bits per heavy atom. The number of nitrogens with zero attached hydrogens (tertiary/aromatic N) is 1. The lowest BCUT2D eigenvalue weighted by Crippen LogP contribution is -2.25. The normalized spacial score (nSPS) is 10.7. The summed E-state index contributed by atoms with van der Waals surface area (Å²) in [5.41, 5.74) is -0.202. The smallest absolute Gasteiger partial charge is 0.339 e. The molecule has 0 aromatic heterocycles. The molecule has 0 fully saturated rings. The summed E-state index contributed by atoms with van der Waals surface area (Å²) in [7, 11) is 4.48. The highest BCUT2D eigenvalue weighted by molar-refractivity contribution is 6.10. The third-order valence-corrected chi connectivity index (χ3v) is 5.78. The maximum absolute atomic E-state index is 13.2. The van der Waals surface area contributed by atoms with Crippen LogP contribution in [0.3, 0.4) is 0 Å². The Kier molecular flexibility index (Phi) is 10.1. The number of carbonyl (C=O) groups excluding carboxylic acids is 2. The third-order valence-electron chi connectivity index (χ3n) is 5.78. The molecule has 0 saturated carbocycles. The summed E-state index contributed by atoms with van der Waals surface area (Å²) in [6.07, 6.45) is 4.07. The van der Waals surface area contributed by atoms with Crippen molar-refractivity contribution in [3.63, 3.8) is 0 Å². The van der Waals surface area contributed by atoms with Crippen molar-refractivity contribution in [2.75, 3.05) is 21.2 Å². The number of carboxylic acid groups (broad SMARTS) is 1. The van der Waals surface area contributed by atoms with E-state index in [0.29, 0.717) is 12.8 Å². The van der Waals surface area contributed by atoms with Crippen molar-refractivity contribution in [2.45, 2.75) is 58.8 Å².